The molecule has 100 valence electrons. The molecule has 18 heavy (non-hydrogen) atoms. The van der Waals surface area contributed by atoms with Crippen molar-refractivity contribution in [2.75, 3.05) is 13.1 Å². The first kappa shape index (κ1) is 13.4. The largest absolute Gasteiger partial charge is 0.508 e. The molecule has 0 saturated heterocycles. The molecule has 0 saturated carbocycles. The Hall–Kier alpha value is -1.02. The third-order valence-electron chi connectivity index (χ3n) is 3.97. The maximum absolute atomic E-state index is 9.80. The summed E-state index contributed by atoms with van der Waals surface area (Å²) < 4.78 is 0. The first-order valence-electron chi connectivity index (χ1n) is 7.21. The smallest absolute Gasteiger partial charge is 0.118 e. The van der Waals surface area contributed by atoms with Gasteiger partial charge in [-0.1, -0.05) is 19.9 Å². The summed E-state index contributed by atoms with van der Waals surface area (Å²) in [5, 5.41) is 9.80. The molecule has 0 fully saturated rings. The van der Waals surface area contributed by atoms with Gasteiger partial charge in [-0.15, -0.1) is 0 Å². The molecule has 1 aromatic rings. The number of hydrogen-bond donors (Lipinski definition) is 1. The Kier molecular flexibility index (Phi) is 4.28. The first-order valence-corrected chi connectivity index (χ1v) is 7.21. The van der Waals surface area contributed by atoms with Crippen molar-refractivity contribution in [2.45, 2.75) is 52.5 Å². The Labute approximate surface area is 111 Å². The molecule has 0 aromatic heterocycles. The number of phenols is 1. The second kappa shape index (κ2) is 5.75. The van der Waals surface area contributed by atoms with E-state index < -0.39 is 0 Å². The minimum Gasteiger partial charge on any atom is -0.508 e. The van der Waals surface area contributed by atoms with Crippen molar-refractivity contribution in [2.24, 2.45) is 0 Å². The fraction of sp³-hybridized carbons (Fsp3) is 0.625. The summed E-state index contributed by atoms with van der Waals surface area (Å²) in [7, 11) is 0. The normalized spacial score (nSPS) is 18.3. The van der Waals surface area contributed by atoms with Gasteiger partial charge < -0.3 is 5.11 Å². The number of nitrogens with zero attached hydrogens (tertiary/aromatic N) is 1. The second-order valence-corrected chi connectivity index (χ2v) is 5.51. The summed E-state index contributed by atoms with van der Waals surface area (Å²) in [5.74, 6) is 0.451. The fourth-order valence-corrected chi connectivity index (χ4v) is 3.07. The van der Waals surface area contributed by atoms with Crippen LogP contribution >= 0.6 is 0 Å². The number of hydrogen-bond acceptors (Lipinski definition) is 2. The Morgan fingerprint density at radius 3 is 2.22 bits per heavy atom. The van der Waals surface area contributed by atoms with Crippen molar-refractivity contribution < 1.29 is 5.11 Å². The van der Waals surface area contributed by atoms with Gasteiger partial charge in [0, 0.05) is 6.04 Å². The Balaban J connectivity index is 2.12. The van der Waals surface area contributed by atoms with Gasteiger partial charge in [0.05, 0.1) is 0 Å². The highest BCUT2D eigenvalue weighted by Gasteiger charge is 2.26. The van der Waals surface area contributed by atoms with Gasteiger partial charge in [-0.3, -0.25) is 4.90 Å². The number of phenolic OH excluding ortho intramolecular Hbond substituents is 1. The highest BCUT2D eigenvalue weighted by Crippen LogP contribution is 2.31. The van der Waals surface area contributed by atoms with E-state index in [0.717, 1.165) is 18.4 Å². The number of rotatable bonds is 5. The lowest BCUT2D eigenvalue weighted by Gasteiger charge is -2.27. The molecule has 0 bridgehead atoms. The van der Waals surface area contributed by atoms with E-state index in [1.165, 1.54) is 37.1 Å². The van der Waals surface area contributed by atoms with Crippen molar-refractivity contribution in [1.29, 1.82) is 0 Å². The zero-order chi connectivity index (χ0) is 13.1. The molecule has 1 aliphatic rings. The van der Waals surface area contributed by atoms with E-state index >= 15 is 0 Å². The third kappa shape index (κ3) is 2.69. The summed E-state index contributed by atoms with van der Waals surface area (Å²) in [4.78, 5) is 2.62. The van der Waals surface area contributed by atoms with E-state index in [1.807, 2.05) is 13.0 Å². The van der Waals surface area contributed by atoms with Crippen LogP contribution in [-0.4, -0.2) is 29.1 Å². The zero-order valence-corrected chi connectivity index (χ0v) is 11.9. The predicted octanol–water partition coefficient (Wildman–Crippen LogP) is 3.29. The molecular formula is C16H25NO. The van der Waals surface area contributed by atoms with Crippen LogP contribution in [0.15, 0.2) is 12.1 Å². The lowest BCUT2D eigenvalue weighted by molar-refractivity contribution is 0.202. The fourth-order valence-electron chi connectivity index (χ4n) is 3.07. The SMILES string of the molecule is CCCN(CCC)C1Cc2cc(C)c(O)cc2C1. The third-order valence-corrected chi connectivity index (χ3v) is 3.97. The second-order valence-electron chi connectivity index (χ2n) is 5.51. The van der Waals surface area contributed by atoms with Crippen molar-refractivity contribution in [3.8, 4) is 5.75 Å². The van der Waals surface area contributed by atoms with Crippen LogP contribution in [0.2, 0.25) is 0 Å². The van der Waals surface area contributed by atoms with E-state index in [0.29, 0.717) is 11.8 Å². The van der Waals surface area contributed by atoms with Gasteiger partial charge in [0.15, 0.2) is 0 Å². The van der Waals surface area contributed by atoms with Crippen LogP contribution in [0.1, 0.15) is 43.4 Å². The molecule has 1 unspecified atom stereocenters. The standard InChI is InChI=1S/C16H25NO/c1-4-6-17(7-5-2)15-9-13-8-12(3)16(18)11-14(13)10-15/h8,11,15,18H,4-7,9-10H2,1-3H3. The van der Waals surface area contributed by atoms with Gasteiger partial charge in [0.25, 0.3) is 0 Å². The van der Waals surface area contributed by atoms with Crippen LogP contribution in [0, 0.1) is 6.92 Å². The zero-order valence-electron chi connectivity index (χ0n) is 11.9. The van der Waals surface area contributed by atoms with Crippen LogP contribution in [0.5, 0.6) is 5.75 Å². The van der Waals surface area contributed by atoms with E-state index in [1.54, 1.807) is 0 Å². The van der Waals surface area contributed by atoms with Crippen LogP contribution in [0.4, 0.5) is 0 Å². The lowest BCUT2D eigenvalue weighted by atomic mass is 10.1. The quantitative estimate of drug-likeness (QED) is 0.863. The van der Waals surface area contributed by atoms with Gasteiger partial charge in [0.1, 0.15) is 5.75 Å². The molecule has 0 heterocycles. The molecule has 1 N–H and O–H groups in total. The average Bonchev–Trinajstić information content (AvgIpc) is 2.72. The van der Waals surface area contributed by atoms with Crippen LogP contribution < -0.4 is 0 Å². The minimum atomic E-state index is 0.451. The summed E-state index contributed by atoms with van der Waals surface area (Å²) in [6.07, 6.45) is 4.69. The van der Waals surface area contributed by atoms with Crippen molar-refractivity contribution in [3.63, 3.8) is 0 Å². The summed E-state index contributed by atoms with van der Waals surface area (Å²) in [6, 6.07) is 4.78. The van der Waals surface area contributed by atoms with Gasteiger partial charge in [-0.05, 0) is 68.5 Å². The summed E-state index contributed by atoms with van der Waals surface area (Å²) >= 11 is 0. The van der Waals surface area contributed by atoms with Gasteiger partial charge in [-0.2, -0.15) is 0 Å². The van der Waals surface area contributed by atoms with Crippen LogP contribution in [0.3, 0.4) is 0 Å². The van der Waals surface area contributed by atoms with Gasteiger partial charge >= 0.3 is 0 Å². The molecule has 2 rings (SSSR count). The van der Waals surface area contributed by atoms with Crippen LogP contribution in [-0.2, 0) is 12.8 Å². The molecule has 1 aromatic carbocycles. The number of aryl methyl sites for hydroxylation is 1. The highest BCUT2D eigenvalue weighted by molar-refractivity contribution is 5.44. The first-order chi connectivity index (χ1) is 8.65. The highest BCUT2D eigenvalue weighted by atomic mass is 16.3. The number of benzene rings is 1. The maximum atomic E-state index is 9.80. The topological polar surface area (TPSA) is 23.5 Å². The molecule has 1 aliphatic carbocycles. The molecule has 1 atom stereocenters. The summed E-state index contributed by atoms with van der Waals surface area (Å²) in [5.41, 5.74) is 3.79. The van der Waals surface area contributed by atoms with E-state index in [9.17, 15) is 5.11 Å². The molecule has 0 spiro atoms. The van der Waals surface area contributed by atoms with E-state index in [-0.39, 0.29) is 0 Å². The number of fused-ring (bicyclic) bond motifs is 1. The Bertz CT molecular complexity index is 377. The molecule has 0 amide bonds. The predicted molar refractivity (Wildman–Crippen MR) is 76.2 cm³/mol. The molecular weight excluding hydrogens is 222 g/mol. The van der Waals surface area contributed by atoms with Crippen molar-refractivity contribution in [1.82, 2.24) is 4.90 Å². The van der Waals surface area contributed by atoms with Gasteiger partial charge in [0.2, 0.25) is 0 Å². The summed E-state index contributed by atoms with van der Waals surface area (Å²) in [6.45, 7) is 8.87. The number of aromatic hydroxyl groups is 1. The lowest BCUT2D eigenvalue weighted by Crippen LogP contribution is -2.37. The van der Waals surface area contributed by atoms with E-state index in [2.05, 4.69) is 24.8 Å². The van der Waals surface area contributed by atoms with Crippen molar-refractivity contribution in [3.05, 3.63) is 28.8 Å². The molecule has 2 heteroatoms. The average molecular weight is 247 g/mol. The molecule has 0 radical (unpaired) electrons. The van der Waals surface area contributed by atoms with Crippen LogP contribution in [0.25, 0.3) is 0 Å². The van der Waals surface area contributed by atoms with E-state index in [4.69, 9.17) is 0 Å². The van der Waals surface area contributed by atoms with Crippen molar-refractivity contribution >= 4 is 0 Å². The molecule has 2 nitrogen and oxygen atoms in total. The van der Waals surface area contributed by atoms with Gasteiger partial charge in [-0.25, -0.2) is 0 Å². The monoisotopic (exact) mass is 247 g/mol. The minimum absolute atomic E-state index is 0.451. The molecule has 0 aliphatic heterocycles. The maximum Gasteiger partial charge on any atom is 0.118 e. The Morgan fingerprint density at radius 1 is 1.11 bits per heavy atom. The Morgan fingerprint density at radius 2 is 1.67 bits per heavy atom.